The summed E-state index contributed by atoms with van der Waals surface area (Å²) < 4.78 is 51.7. The van der Waals surface area contributed by atoms with Gasteiger partial charge in [0.25, 0.3) is 10.0 Å². The molecule has 0 saturated heterocycles. The third kappa shape index (κ3) is 4.46. The van der Waals surface area contributed by atoms with Gasteiger partial charge in [0, 0.05) is 12.8 Å². The summed E-state index contributed by atoms with van der Waals surface area (Å²) in [5.41, 5.74) is 0. The Morgan fingerprint density at radius 2 is 1.94 bits per heavy atom. The van der Waals surface area contributed by atoms with Crippen LogP contribution < -0.4 is 4.72 Å². The molecule has 0 atom stereocenters. The van der Waals surface area contributed by atoms with Crippen LogP contribution in [0.2, 0.25) is 0 Å². The van der Waals surface area contributed by atoms with E-state index in [4.69, 9.17) is 9.52 Å². The molecule has 1 heterocycles. The Kier molecular flexibility index (Phi) is 4.31. The topological polar surface area (TPSA) is 114 Å². The van der Waals surface area contributed by atoms with E-state index in [-0.39, 0.29) is 23.2 Å². The second-order valence-corrected chi connectivity index (χ2v) is 7.36. The van der Waals surface area contributed by atoms with Crippen LogP contribution in [0.4, 0.5) is 0 Å². The lowest BCUT2D eigenvalue weighted by molar-refractivity contribution is 0.236. The highest BCUT2D eigenvalue weighted by molar-refractivity contribution is 7.91. The fourth-order valence-corrected chi connectivity index (χ4v) is 2.60. The summed E-state index contributed by atoms with van der Waals surface area (Å²) in [6.45, 7) is -0.630. The highest BCUT2D eigenvalue weighted by atomic mass is 32.2. The van der Waals surface area contributed by atoms with Crippen LogP contribution in [0.25, 0.3) is 0 Å². The van der Waals surface area contributed by atoms with E-state index in [9.17, 15) is 16.8 Å². The van der Waals surface area contributed by atoms with Gasteiger partial charge in [0.2, 0.25) is 5.09 Å². The van der Waals surface area contributed by atoms with E-state index in [2.05, 4.69) is 4.72 Å². The molecule has 7 nitrogen and oxygen atoms in total. The summed E-state index contributed by atoms with van der Waals surface area (Å²) in [5, 5.41) is 8.36. The molecule has 0 spiro atoms. The molecule has 0 radical (unpaired) electrons. The summed E-state index contributed by atoms with van der Waals surface area (Å²) in [7, 11) is -7.09. The normalized spacial score (nSPS) is 12.8. The minimum absolute atomic E-state index is 0.119. The lowest BCUT2D eigenvalue weighted by Crippen LogP contribution is -2.28. The van der Waals surface area contributed by atoms with Crippen LogP contribution >= 0.6 is 0 Å². The van der Waals surface area contributed by atoms with Gasteiger partial charge in [0.1, 0.15) is 22.2 Å². The van der Waals surface area contributed by atoms with E-state index in [1.807, 2.05) is 0 Å². The first kappa shape index (κ1) is 14.2. The number of sulfone groups is 1. The maximum Gasteiger partial charge on any atom is 0.273 e. The molecule has 1 aromatic heterocycles. The summed E-state index contributed by atoms with van der Waals surface area (Å²) in [6, 6.07) is 2.51. The Bertz CT molecular complexity index is 571. The average Bonchev–Trinajstić information content (AvgIpc) is 2.63. The van der Waals surface area contributed by atoms with E-state index in [1.54, 1.807) is 0 Å². The summed E-state index contributed by atoms with van der Waals surface area (Å²) in [5.74, 6) is -0.173. The van der Waals surface area contributed by atoms with Gasteiger partial charge in [-0.25, -0.2) is 21.6 Å². The Labute approximate surface area is 99.4 Å². The van der Waals surface area contributed by atoms with Crippen LogP contribution in [-0.4, -0.2) is 40.5 Å². The highest BCUT2D eigenvalue weighted by Gasteiger charge is 2.18. The second-order valence-electron chi connectivity index (χ2n) is 3.41. The van der Waals surface area contributed by atoms with Gasteiger partial charge in [-0.3, -0.25) is 0 Å². The van der Waals surface area contributed by atoms with Crippen LogP contribution in [0.5, 0.6) is 0 Å². The largest absolute Gasteiger partial charge is 0.446 e. The van der Waals surface area contributed by atoms with Crippen molar-refractivity contribution in [1.82, 2.24) is 4.72 Å². The van der Waals surface area contributed by atoms with Crippen molar-refractivity contribution in [3.05, 3.63) is 17.9 Å². The van der Waals surface area contributed by atoms with Gasteiger partial charge in [-0.05, 0) is 12.1 Å². The smallest absolute Gasteiger partial charge is 0.273 e. The number of aliphatic hydroxyl groups is 1. The lowest BCUT2D eigenvalue weighted by atomic mass is 10.5. The zero-order valence-corrected chi connectivity index (χ0v) is 10.7. The van der Waals surface area contributed by atoms with E-state index in [0.29, 0.717) is 0 Å². The van der Waals surface area contributed by atoms with Gasteiger partial charge in [-0.2, -0.15) is 0 Å². The van der Waals surface area contributed by atoms with Crippen molar-refractivity contribution in [1.29, 1.82) is 0 Å². The highest BCUT2D eigenvalue weighted by Crippen LogP contribution is 2.13. The minimum Gasteiger partial charge on any atom is -0.446 e. The fraction of sp³-hybridized carbons (Fsp3) is 0.500. The number of hydrogen-bond donors (Lipinski definition) is 2. The number of sulfonamides is 1. The predicted octanol–water partition coefficient (Wildman–Crippen LogP) is -0.905. The molecule has 9 heteroatoms. The molecule has 0 saturated carbocycles. The van der Waals surface area contributed by atoms with Gasteiger partial charge in [0.15, 0.2) is 0 Å². The number of furan rings is 1. The SMILES string of the molecule is CS(=O)(=O)CCNS(=O)(=O)c1ccc(CO)o1. The number of aliphatic hydroxyl groups excluding tert-OH is 1. The molecular weight excluding hydrogens is 270 g/mol. The average molecular weight is 283 g/mol. The van der Waals surface area contributed by atoms with Crippen molar-refractivity contribution in [3.63, 3.8) is 0 Å². The second kappa shape index (κ2) is 5.17. The van der Waals surface area contributed by atoms with Gasteiger partial charge < -0.3 is 9.52 Å². The van der Waals surface area contributed by atoms with Crippen molar-refractivity contribution in [3.8, 4) is 0 Å². The molecule has 98 valence electrons. The minimum atomic E-state index is -3.86. The van der Waals surface area contributed by atoms with Crippen LogP contribution in [0, 0.1) is 0 Å². The van der Waals surface area contributed by atoms with Gasteiger partial charge >= 0.3 is 0 Å². The molecule has 0 aliphatic heterocycles. The first-order valence-corrected chi connectivity index (χ1v) is 8.16. The molecule has 1 aromatic rings. The molecule has 0 bridgehead atoms. The first-order chi connectivity index (χ1) is 7.74. The van der Waals surface area contributed by atoms with Crippen molar-refractivity contribution in [2.45, 2.75) is 11.7 Å². The quantitative estimate of drug-likeness (QED) is 0.699. The Morgan fingerprint density at radius 3 is 2.41 bits per heavy atom. The van der Waals surface area contributed by atoms with Crippen molar-refractivity contribution < 1.29 is 26.4 Å². The van der Waals surface area contributed by atoms with Crippen LogP contribution in [0.3, 0.4) is 0 Å². The van der Waals surface area contributed by atoms with Crippen molar-refractivity contribution in [2.75, 3.05) is 18.6 Å². The molecule has 0 aromatic carbocycles. The third-order valence-electron chi connectivity index (χ3n) is 1.82. The van der Waals surface area contributed by atoms with Gasteiger partial charge in [0.05, 0.1) is 5.75 Å². The zero-order chi connectivity index (χ0) is 13.1. The maximum atomic E-state index is 11.6. The predicted molar refractivity (Wildman–Crippen MR) is 59.5 cm³/mol. The molecule has 1 rings (SSSR count). The first-order valence-electron chi connectivity index (χ1n) is 4.61. The van der Waals surface area contributed by atoms with E-state index in [1.165, 1.54) is 12.1 Å². The Hall–Kier alpha value is -0.900. The summed E-state index contributed by atoms with van der Waals surface area (Å²) >= 11 is 0. The van der Waals surface area contributed by atoms with Crippen molar-refractivity contribution >= 4 is 19.9 Å². The fourth-order valence-electron chi connectivity index (χ4n) is 1.02. The molecule has 0 amide bonds. The summed E-state index contributed by atoms with van der Waals surface area (Å²) in [4.78, 5) is 0. The number of hydrogen-bond acceptors (Lipinski definition) is 6. The van der Waals surface area contributed by atoms with Crippen molar-refractivity contribution in [2.24, 2.45) is 0 Å². The molecule has 17 heavy (non-hydrogen) atoms. The zero-order valence-electron chi connectivity index (χ0n) is 9.08. The molecular formula is C8H13NO6S2. The Balaban J connectivity index is 2.69. The van der Waals surface area contributed by atoms with Crippen LogP contribution in [0.15, 0.2) is 21.6 Å². The monoisotopic (exact) mass is 283 g/mol. The third-order valence-corrected chi connectivity index (χ3v) is 4.10. The van der Waals surface area contributed by atoms with E-state index < -0.39 is 26.5 Å². The number of nitrogens with one attached hydrogen (secondary N) is 1. The van der Waals surface area contributed by atoms with Crippen LogP contribution in [0.1, 0.15) is 5.76 Å². The summed E-state index contributed by atoms with van der Waals surface area (Å²) in [6.07, 6.45) is 1.01. The molecule has 0 unspecified atom stereocenters. The van der Waals surface area contributed by atoms with E-state index >= 15 is 0 Å². The Morgan fingerprint density at radius 1 is 1.29 bits per heavy atom. The van der Waals surface area contributed by atoms with Gasteiger partial charge in [-0.15, -0.1) is 0 Å². The maximum absolute atomic E-state index is 11.6. The van der Waals surface area contributed by atoms with Gasteiger partial charge in [-0.1, -0.05) is 0 Å². The number of rotatable bonds is 6. The molecule has 0 aliphatic rings. The molecule has 2 N–H and O–H groups in total. The van der Waals surface area contributed by atoms with E-state index in [0.717, 1.165) is 6.26 Å². The molecule has 0 aliphatic carbocycles. The molecule has 0 fully saturated rings. The lowest BCUT2D eigenvalue weighted by Gasteiger charge is -2.02. The standard InChI is InChI=1S/C8H13NO6S2/c1-16(11,12)5-4-9-17(13,14)8-3-2-7(6-10)15-8/h2-3,9-10H,4-6H2,1H3. The van der Waals surface area contributed by atoms with Crippen LogP contribution in [-0.2, 0) is 26.5 Å².